The molecule has 2 aromatic heterocycles. The third-order valence-corrected chi connectivity index (χ3v) is 5.05. The second-order valence-electron chi connectivity index (χ2n) is 7.37. The molecule has 0 aliphatic rings. The largest absolute Gasteiger partial charge is 0.382 e. The molecule has 0 radical (unpaired) electrons. The van der Waals surface area contributed by atoms with Gasteiger partial charge < -0.3 is 20.1 Å². The van der Waals surface area contributed by atoms with Crippen molar-refractivity contribution in [1.29, 1.82) is 0 Å². The fourth-order valence-corrected chi connectivity index (χ4v) is 3.44. The van der Waals surface area contributed by atoms with Crippen LogP contribution in [0.5, 0.6) is 0 Å². The monoisotopic (exact) mass is 436 g/mol. The number of halogens is 1. The normalized spacial score (nSPS) is 12.3. The number of aryl methyl sites for hydroxylation is 1. The van der Waals surface area contributed by atoms with Gasteiger partial charge in [0.15, 0.2) is 11.5 Å². The number of rotatable bonds is 10. The molecule has 0 bridgehead atoms. The van der Waals surface area contributed by atoms with E-state index in [2.05, 4.69) is 44.5 Å². The number of ether oxygens (including phenoxy) is 1. The number of hydrogen-bond acceptors (Lipinski definition) is 7. The summed E-state index contributed by atoms with van der Waals surface area (Å²) in [5.41, 5.74) is 9.75. The molecule has 8 nitrogen and oxygen atoms in total. The van der Waals surface area contributed by atoms with Crippen LogP contribution in [0.15, 0.2) is 60.9 Å². The molecule has 1 atom stereocenters. The fourth-order valence-electron chi connectivity index (χ4n) is 3.44. The van der Waals surface area contributed by atoms with Gasteiger partial charge in [-0.1, -0.05) is 48.5 Å². The van der Waals surface area contributed by atoms with Gasteiger partial charge >= 0.3 is 6.08 Å². The lowest BCUT2D eigenvalue weighted by atomic mass is 10.0. The van der Waals surface area contributed by atoms with Gasteiger partial charge in [0.1, 0.15) is 5.52 Å². The molecule has 0 spiro atoms. The first-order chi connectivity index (χ1) is 15.6. The molecule has 0 saturated carbocycles. The Morgan fingerprint density at radius 1 is 1.06 bits per heavy atom. The van der Waals surface area contributed by atoms with E-state index in [1.165, 1.54) is 0 Å². The maximum absolute atomic E-state index is 13.4. The molecule has 0 aliphatic carbocycles. The highest BCUT2D eigenvalue weighted by molar-refractivity contribution is 5.81. The number of fused-ring (bicyclic) bond motifs is 1. The van der Waals surface area contributed by atoms with Gasteiger partial charge in [-0.2, -0.15) is 14.4 Å². The van der Waals surface area contributed by atoms with Crippen molar-refractivity contribution in [1.82, 2.24) is 24.8 Å². The number of nitrogens with two attached hydrogens (primary N) is 1. The Labute approximate surface area is 184 Å². The van der Waals surface area contributed by atoms with Crippen LogP contribution in [-0.2, 0) is 17.8 Å². The number of aromatic nitrogens is 4. The molecule has 4 aromatic rings. The molecule has 2 aromatic carbocycles. The Bertz CT molecular complexity index is 1170. The van der Waals surface area contributed by atoms with Crippen molar-refractivity contribution in [3.63, 3.8) is 0 Å². The average molecular weight is 436 g/mol. The van der Waals surface area contributed by atoms with Crippen molar-refractivity contribution in [2.45, 2.75) is 32.3 Å². The molecule has 0 fully saturated rings. The van der Waals surface area contributed by atoms with Gasteiger partial charge in [0, 0.05) is 13.1 Å². The highest BCUT2D eigenvalue weighted by Gasteiger charge is 2.11. The number of aliphatic hydroxyl groups is 1. The summed E-state index contributed by atoms with van der Waals surface area (Å²) in [6.07, 6.45) is 1.07. The Morgan fingerprint density at radius 2 is 1.88 bits per heavy atom. The van der Waals surface area contributed by atoms with Crippen LogP contribution in [0.3, 0.4) is 0 Å². The van der Waals surface area contributed by atoms with Crippen molar-refractivity contribution in [3.8, 4) is 11.1 Å². The lowest BCUT2D eigenvalue weighted by Crippen LogP contribution is -2.31. The van der Waals surface area contributed by atoms with Crippen molar-refractivity contribution < 1.29 is 14.2 Å². The SMILES string of the molecule is Nc1nc(F)nc2c1ncn2CCCCOC(O)NCc1cccc(-c2ccccc2)c1. The van der Waals surface area contributed by atoms with Crippen LogP contribution in [-0.4, -0.2) is 37.6 Å². The molecule has 4 rings (SSSR count). The number of benzene rings is 2. The molecule has 166 valence electrons. The third kappa shape index (κ3) is 5.44. The van der Waals surface area contributed by atoms with E-state index >= 15 is 0 Å². The van der Waals surface area contributed by atoms with Crippen LogP contribution in [0.2, 0.25) is 0 Å². The summed E-state index contributed by atoms with van der Waals surface area (Å²) in [6.45, 7) is 1.43. The molecule has 1 unspecified atom stereocenters. The van der Waals surface area contributed by atoms with E-state index in [0.29, 0.717) is 37.3 Å². The minimum atomic E-state index is -1.06. The zero-order valence-electron chi connectivity index (χ0n) is 17.5. The van der Waals surface area contributed by atoms with E-state index in [1.807, 2.05) is 30.3 Å². The number of imidazole rings is 1. The predicted molar refractivity (Wildman–Crippen MR) is 120 cm³/mol. The zero-order valence-corrected chi connectivity index (χ0v) is 17.5. The lowest BCUT2D eigenvalue weighted by Gasteiger charge is -2.14. The Balaban J connectivity index is 1.19. The van der Waals surface area contributed by atoms with E-state index in [1.54, 1.807) is 10.9 Å². The van der Waals surface area contributed by atoms with E-state index in [9.17, 15) is 9.50 Å². The Hall–Kier alpha value is -3.40. The number of anilines is 1. The lowest BCUT2D eigenvalue weighted by molar-refractivity contribution is -0.122. The minimum absolute atomic E-state index is 0.0260. The summed E-state index contributed by atoms with van der Waals surface area (Å²) in [5, 5.41) is 13.0. The Morgan fingerprint density at radius 3 is 2.72 bits per heavy atom. The summed E-state index contributed by atoms with van der Waals surface area (Å²) < 4.78 is 20.6. The highest BCUT2D eigenvalue weighted by atomic mass is 19.1. The van der Waals surface area contributed by atoms with Gasteiger partial charge in [-0.3, -0.25) is 5.32 Å². The quantitative estimate of drug-likeness (QED) is 0.199. The van der Waals surface area contributed by atoms with E-state index < -0.39 is 12.5 Å². The summed E-state index contributed by atoms with van der Waals surface area (Å²) in [5.74, 6) is 0.0260. The predicted octanol–water partition coefficient (Wildman–Crippen LogP) is 3.08. The molecule has 4 N–H and O–H groups in total. The van der Waals surface area contributed by atoms with Crippen molar-refractivity contribution >= 4 is 17.0 Å². The molecule has 0 aliphatic heterocycles. The van der Waals surface area contributed by atoms with Crippen LogP contribution in [0.4, 0.5) is 10.2 Å². The maximum atomic E-state index is 13.4. The third-order valence-electron chi connectivity index (χ3n) is 5.05. The van der Waals surface area contributed by atoms with E-state index in [4.69, 9.17) is 10.5 Å². The topological polar surface area (TPSA) is 111 Å². The second kappa shape index (κ2) is 10.3. The molecular weight excluding hydrogens is 411 g/mol. The van der Waals surface area contributed by atoms with Crippen LogP contribution < -0.4 is 11.1 Å². The average Bonchev–Trinajstić information content (AvgIpc) is 3.21. The second-order valence-corrected chi connectivity index (χ2v) is 7.37. The van der Waals surface area contributed by atoms with Crippen LogP contribution in [0.1, 0.15) is 18.4 Å². The van der Waals surface area contributed by atoms with Gasteiger partial charge in [-0.15, -0.1) is 0 Å². The fraction of sp³-hybridized carbons (Fsp3) is 0.261. The van der Waals surface area contributed by atoms with Gasteiger partial charge in [0.2, 0.25) is 6.41 Å². The molecular formula is C23H25FN6O2. The highest BCUT2D eigenvalue weighted by Crippen LogP contribution is 2.20. The zero-order chi connectivity index (χ0) is 22.3. The smallest absolute Gasteiger partial charge is 0.312 e. The molecule has 2 heterocycles. The van der Waals surface area contributed by atoms with Crippen molar-refractivity contribution in [3.05, 3.63) is 72.6 Å². The number of hydrogen-bond donors (Lipinski definition) is 3. The van der Waals surface area contributed by atoms with E-state index in [0.717, 1.165) is 23.1 Å². The number of nitrogens with zero attached hydrogens (tertiary/aromatic N) is 4. The van der Waals surface area contributed by atoms with Gasteiger partial charge in [-0.05, 0) is 35.6 Å². The summed E-state index contributed by atoms with van der Waals surface area (Å²) in [6, 6.07) is 18.3. The first-order valence-corrected chi connectivity index (χ1v) is 10.4. The maximum Gasteiger partial charge on any atom is 0.312 e. The number of aliphatic hydroxyl groups excluding tert-OH is 1. The summed E-state index contributed by atoms with van der Waals surface area (Å²) in [4.78, 5) is 11.4. The minimum Gasteiger partial charge on any atom is -0.382 e. The standard InChI is InChI=1S/C23H25FN6O2/c24-22-28-20(25)19-21(29-22)30(15-27-19)11-4-5-12-32-23(31)26-14-16-7-6-10-18(13-16)17-8-2-1-3-9-17/h1-3,6-10,13,15,23,26,31H,4-5,11-12,14H2,(H2,25,28,29). The van der Waals surface area contributed by atoms with Crippen LogP contribution in [0, 0.1) is 6.08 Å². The number of unbranched alkanes of at least 4 members (excludes halogenated alkanes) is 1. The van der Waals surface area contributed by atoms with Crippen LogP contribution in [0.25, 0.3) is 22.3 Å². The summed E-state index contributed by atoms with van der Waals surface area (Å²) >= 11 is 0. The first-order valence-electron chi connectivity index (χ1n) is 10.4. The van der Waals surface area contributed by atoms with Crippen molar-refractivity contribution in [2.75, 3.05) is 12.3 Å². The molecule has 0 amide bonds. The molecule has 32 heavy (non-hydrogen) atoms. The van der Waals surface area contributed by atoms with Gasteiger partial charge in [0.25, 0.3) is 0 Å². The molecule has 0 saturated heterocycles. The van der Waals surface area contributed by atoms with Gasteiger partial charge in [0.05, 0.1) is 12.9 Å². The van der Waals surface area contributed by atoms with Crippen LogP contribution >= 0.6 is 0 Å². The van der Waals surface area contributed by atoms with Crippen molar-refractivity contribution in [2.24, 2.45) is 0 Å². The van der Waals surface area contributed by atoms with Gasteiger partial charge in [-0.25, -0.2) is 4.98 Å². The van der Waals surface area contributed by atoms with E-state index in [-0.39, 0.29) is 5.82 Å². The molecule has 9 heteroatoms. The number of nitrogen functional groups attached to an aromatic ring is 1. The first kappa shape index (κ1) is 21.8. The number of nitrogens with one attached hydrogen (secondary N) is 1. The summed E-state index contributed by atoms with van der Waals surface area (Å²) in [7, 11) is 0. The Kier molecular flexibility index (Phi) is 7.00.